The molecule has 0 radical (unpaired) electrons. The smallest absolute Gasteiger partial charge is 0.315 e. The van der Waals surface area contributed by atoms with Crippen LogP contribution in [0, 0.1) is 0 Å². The quantitative estimate of drug-likeness (QED) is 0.652. The van der Waals surface area contributed by atoms with Crippen LogP contribution in [0.25, 0.3) is 0 Å². The van der Waals surface area contributed by atoms with Crippen LogP contribution in [-0.4, -0.2) is 30.7 Å². The molecular formula is C11H21N3O. The molecule has 2 unspecified atom stereocenters. The molecule has 1 heterocycles. The molecule has 4 nitrogen and oxygen atoms in total. The fourth-order valence-corrected chi connectivity index (χ4v) is 2.08. The summed E-state index contributed by atoms with van der Waals surface area (Å²) in [5.41, 5.74) is 0. The van der Waals surface area contributed by atoms with Gasteiger partial charge >= 0.3 is 6.03 Å². The molecule has 0 aromatic rings. The molecule has 1 saturated carbocycles. The van der Waals surface area contributed by atoms with Crippen molar-refractivity contribution >= 4 is 6.03 Å². The average molecular weight is 211 g/mol. The van der Waals surface area contributed by atoms with Gasteiger partial charge in [0.25, 0.3) is 0 Å². The second-order valence-corrected chi connectivity index (χ2v) is 4.82. The summed E-state index contributed by atoms with van der Waals surface area (Å²) < 4.78 is 0. The normalized spacial score (nSPS) is 31.0. The van der Waals surface area contributed by atoms with E-state index in [1.54, 1.807) is 0 Å². The van der Waals surface area contributed by atoms with Crippen molar-refractivity contribution < 1.29 is 4.79 Å². The third kappa shape index (κ3) is 3.70. The topological polar surface area (TPSA) is 53.2 Å². The van der Waals surface area contributed by atoms with Gasteiger partial charge in [0.05, 0.1) is 0 Å². The van der Waals surface area contributed by atoms with Crippen LogP contribution in [0.15, 0.2) is 0 Å². The lowest BCUT2D eigenvalue weighted by molar-refractivity contribution is 0.236. The van der Waals surface area contributed by atoms with Crippen molar-refractivity contribution in [1.29, 1.82) is 0 Å². The highest BCUT2D eigenvalue weighted by atomic mass is 16.2. The van der Waals surface area contributed by atoms with Gasteiger partial charge in [0.15, 0.2) is 0 Å². The van der Waals surface area contributed by atoms with Gasteiger partial charge < -0.3 is 16.0 Å². The van der Waals surface area contributed by atoms with Gasteiger partial charge in [0.1, 0.15) is 0 Å². The Balaban J connectivity index is 1.61. The highest BCUT2D eigenvalue weighted by Crippen LogP contribution is 2.18. The minimum absolute atomic E-state index is 0.00229. The van der Waals surface area contributed by atoms with Crippen molar-refractivity contribution in [2.75, 3.05) is 6.54 Å². The van der Waals surface area contributed by atoms with Gasteiger partial charge in [-0.2, -0.15) is 0 Å². The number of rotatable bonds is 3. The van der Waals surface area contributed by atoms with Crippen LogP contribution in [0.2, 0.25) is 0 Å². The first kappa shape index (κ1) is 10.7. The number of carbonyl (C=O) groups excluding carboxylic acids is 1. The molecule has 15 heavy (non-hydrogen) atoms. The summed E-state index contributed by atoms with van der Waals surface area (Å²) in [6.45, 7) is 2.96. The molecule has 1 aliphatic carbocycles. The molecule has 0 aromatic heterocycles. The molecule has 0 bridgehead atoms. The molecule has 2 aliphatic rings. The number of piperidine rings is 1. The maximum Gasteiger partial charge on any atom is 0.315 e. The van der Waals surface area contributed by atoms with Crippen LogP contribution >= 0.6 is 0 Å². The fraction of sp³-hybridized carbons (Fsp3) is 0.909. The minimum atomic E-state index is -0.00229. The number of urea groups is 1. The zero-order valence-electron chi connectivity index (χ0n) is 9.38. The summed E-state index contributed by atoms with van der Waals surface area (Å²) >= 11 is 0. The third-order valence-corrected chi connectivity index (χ3v) is 3.13. The van der Waals surface area contributed by atoms with Crippen LogP contribution < -0.4 is 16.0 Å². The van der Waals surface area contributed by atoms with Gasteiger partial charge in [-0.15, -0.1) is 0 Å². The van der Waals surface area contributed by atoms with E-state index in [-0.39, 0.29) is 6.03 Å². The van der Waals surface area contributed by atoms with Crippen molar-refractivity contribution in [3.8, 4) is 0 Å². The summed E-state index contributed by atoms with van der Waals surface area (Å²) in [5.74, 6) is 0. The van der Waals surface area contributed by atoms with E-state index in [9.17, 15) is 4.79 Å². The summed E-state index contributed by atoms with van der Waals surface area (Å²) in [5, 5.41) is 9.36. The zero-order chi connectivity index (χ0) is 10.7. The number of hydrogen-bond acceptors (Lipinski definition) is 2. The summed E-state index contributed by atoms with van der Waals surface area (Å²) in [6, 6.07) is 1.50. The highest BCUT2D eigenvalue weighted by molar-refractivity contribution is 5.74. The van der Waals surface area contributed by atoms with Crippen molar-refractivity contribution in [3.05, 3.63) is 0 Å². The van der Waals surface area contributed by atoms with Crippen LogP contribution in [0.1, 0.15) is 39.0 Å². The number of nitrogens with one attached hydrogen (secondary N) is 3. The average Bonchev–Trinajstić information content (AvgIpc) is 2.99. The van der Waals surface area contributed by atoms with E-state index >= 15 is 0 Å². The second-order valence-electron chi connectivity index (χ2n) is 4.82. The second kappa shape index (κ2) is 4.84. The molecule has 2 rings (SSSR count). The summed E-state index contributed by atoms with van der Waals surface area (Å²) in [6.07, 6.45) is 5.99. The molecule has 2 atom stereocenters. The van der Waals surface area contributed by atoms with Crippen molar-refractivity contribution in [2.45, 2.75) is 57.2 Å². The van der Waals surface area contributed by atoms with Crippen LogP contribution in [0.4, 0.5) is 4.79 Å². The fourth-order valence-electron chi connectivity index (χ4n) is 2.08. The van der Waals surface area contributed by atoms with E-state index in [0.29, 0.717) is 18.1 Å². The Labute approximate surface area is 91.2 Å². The predicted molar refractivity (Wildman–Crippen MR) is 59.8 cm³/mol. The largest absolute Gasteiger partial charge is 0.337 e. The Morgan fingerprint density at radius 3 is 2.80 bits per heavy atom. The van der Waals surface area contributed by atoms with Crippen LogP contribution in [0.3, 0.4) is 0 Å². The standard InChI is InChI=1S/C11H21N3O/c1-8-3-2-4-10(13-8)7-12-11(15)14-9-5-6-9/h8-10,13H,2-7H2,1H3,(H2,12,14,15). The molecule has 4 heteroatoms. The first-order valence-electron chi connectivity index (χ1n) is 6.04. The zero-order valence-corrected chi connectivity index (χ0v) is 9.38. The van der Waals surface area contributed by atoms with Crippen molar-refractivity contribution in [2.24, 2.45) is 0 Å². The maximum atomic E-state index is 11.4. The number of hydrogen-bond donors (Lipinski definition) is 3. The van der Waals surface area contributed by atoms with E-state index in [2.05, 4.69) is 22.9 Å². The SMILES string of the molecule is CC1CCCC(CNC(=O)NC2CC2)N1. The van der Waals surface area contributed by atoms with E-state index < -0.39 is 0 Å². The van der Waals surface area contributed by atoms with Gasteiger partial charge in [-0.1, -0.05) is 6.42 Å². The molecule has 3 N–H and O–H groups in total. The minimum Gasteiger partial charge on any atom is -0.337 e. The maximum absolute atomic E-state index is 11.4. The predicted octanol–water partition coefficient (Wildman–Crippen LogP) is 0.979. The third-order valence-electron chi connectivity index (χ3n) is 3.13. The Morgan fingerprint density at radius 2 is 2.13 bits per heavy atom. The lowest BCUT2D eigenvalue weighted by atomic mass is 10.00. The first-order valence-corrected chi connectivity index (χ1v) is 6.04. The molecular weight excluding hydrogens is 190 g/mol. The summed E-state index contributed by atoms with van der Waals surface area (Å²) in [7, 11) is 0. The van der Waals surface area contributed by atoms with E-state index in [1.165, 1.54) is 19.3 Å². The Hall–Kier alpha value is -0.770. The summed E-state index contributed by atoms with van der Waals surface area (Å²) in [4.78, 5) is 11.4. The van der Waals surface area contributed by atoms with Crippen molar-refractivity contribution in [3.63, 3.8) is 0 Å². The molecule has 0 spiro atoms. The molecule has 86 valence electrons. The molecule has 1 saturated heterocycles. The Morgan fingerprint density at radius 1 is 1.33 bits per heavy atom. The Kier molecular flexibility index (Phi) is 3.46. The van der Waals surface area contributed by atoms with Crippen LogP contribution in [-0.2, 0) is 0 Å². The Bertz CT molecular complexity index is 228. The van der Waals surface area contributed by atoms with Gasteiger partial charge in [0, 0.05) is 24.7 Å². The van der Waals surface area contributed by atoms with Gasteiger partial charge in [-0.25, -0.2) is 4.79 Å². The van der Waals surface area contributed by atoms with E-state index in [0.717, 1.165) is 19.4 Å². The number of amides is 2. The first-order chi connectivity index (χ1) is 7.24. The van der Waals surface area contributed by atoms with E-state index in [4.69, 9.17) is 0 Å². The number of carbonyl (C=O) groups is 1. The van der Waals surface area contributed by atoms with Gasteiger partial charge in [-0.05, 0) is 32.6 Å². The molecule has 2 fully saturated rings. The van der Waals surface area contributed by atoms with E-state index in [1.807, 2.05) is 0 Å². The molecule has 0 aromatic carbocycles. The van der Waals surface area contributed by atoms with Crippen molar-refractivity contribution in [1.82, 2.24) is 16.0 Å². The van der Waals surface area contributed by atoms with Gasteiger partial charge in [0.2, 0.25) is 0 Å². The monoisotopic (exact) mass is 211 g/mol. The molecule has 2 amide bonds. The highest BCUT2D eigenvalue weighted by Gasteiger charge is 2.24. The lowest BCUT2D eigenvalue weighted by Gasteiger charge is -2.28. The molecule has 1 aliphatic heterocycles. The van der Waals surface area contributed by atoms with Gasteiger partial charge in [-0.3, -0.25) is 0 Å². The lowest BCUT2D eigenvalue weighted by Crippen LogP contribution is -2.49. The van der Waals surface area contributed by atoms with Crippen LogP contribution in [0.5, 0.6) is 0 Å².